The molecule has 2 aromatic rings. The number of amides is 2. The highest BCUT2D eigenvalue weighted by Gasteiger charge is 2.38. The van der Waals surface area contributed by atoms with Gasteiger partial charge in [-0.1, -0.05) is 0 Å². The summed E-state index contributed by atoms with van der Waals surface area (Å²) in [5.74, 6) is -0.549. The number of rotatable bonds is 5. The first-order valence-corrected chi connectivity index (χ1v) is 11.8. The molecule has 0 aliphatic carbocycles. The Morgan fingerprint density at radius 3 is 2.53 bits per heavy atom. The lowest BCUT2D eigenvalue weighted by Crippen LogP contribution is -2.30. The molecule has 11 heteroatoms. The molecular formula is C21H26F3N3O3S2. The molecule has 0 aromatic carbocycles. The number of carbonyl (C=O) groups is 2. The van der Waals surface area contributed by atoms with Gasteiger partial charge in [0.15, 0.2) is 0 Å². The molecule has 176 valence electrons. The lowest BCUT2D eigenvalue weighted by Gasteiger charge is -2.23. The van der Waals surface area contributed by atoms with Crippen LogP contribution in [0.2, 0.25) is 0 Å². The number of nitrogens with one attached hydrogen (secondary N) is 2. The van der Waals surface area contributed by atoms with Crippen molar-refractivity contribution in [3.63, 3.8) is 0 Å². The van der Waals surface area contributed by atoms with Crippen LogP contribution in [0.4, 0.5) is 23.0 Å². The molecular weight excluding hydrogens is 463 g/mol. The second kappa shape index (κ2) is 9.40. The summed E-state index contributed by atoms with van der Waals surface area (Å²) in [4.78, 5) is 27.9. The summed E-state index contributed by atoms with van der Waals surface area (Å²) in [6, 6.07) is -0.675. The zero-order chi connectivity index (χ0) is 23.8. The van der Waals surface area contributed by atoms with E-state index < -0.39 is 23.1 Å². The highest BCUT2D eigenvalue weighted by Crippen LogP contribution is 2.42. The van der Waals surface area contributed by atoms with Crippen LogP contribution in [0.3, 0.4) is 0 Å². The minimum atomic E-state index is -4.48. The number of carbonyl (C=O) groups excluding carboxylic acids is 2. The van der Waals surface area contributed by atoms with Crippen molar-refractivity contribution in [1.29, 1.82) is 0 Å². The fraction of sp³-hybridized carbons (Fsp3) is 0.524. The van der Waals surface area contributed by atoms with Gasteiger partial charge in [-0.15, -0.1) is 22.7 Å². The van der Waals surface area contributed by atoms with E-state index in [0.29, 0.717) is 40.5 Å². The number of esters is 1. The van der Waals surface area contributed by atoms with E-state index in [9.17, 15) is 22.8 Å². The van der Waals surface area contributed by atoms with Crippen LogP contribution in [0.1, 0.15) is 55.5 Å². The third-order valence-electron chi connectivity index (χ3n) is 5.20. The molecule has 6 nitrogen and oxygen atoms in total. The van der Waals surface area contributed by atoms with Crippen molar-refractivity contribution in [3.05, 3.63) is 36.9 Å². The Bertz CT molecular complexity index is 1030. The summed E-state index contributed by atoms with van der Waals surface area (Å²) in [6.45, 7) is 7.91. The van der Waals surface area contributed by atoms with Crippen molar-refractivity contribution in [1.82, 2.24) is 10.2 Å². The Balaban J connectivity index is 1.78. The molecule has 3 heterocycles. The summed E-state index contributed by atoms with van der Waals surface area (Å²) in [5, 5.41) is 5.47. The first-order chi connectivity index (χ1) is 14.9. The van der Waals surface area contributed by atoms with Crippen LogP contribution < -0.4 is 10.6 Å². The van der Waals surface area contributed by atoms with Crippen LogP contribution in [0.15, 0.2) is 0 Å². The van der Waals surface area contributed by atoms with Crippen molar-refractivity contribution in [3.8, 4) is 0 Å². The van der Waals surface area contributed by atoms with E-state index >= 15 is 0 Å². The summed E-state index contributed by atoms with van der Waals surface area (Å²) in [6.07, 6.45) is -4.30. The van der Waals surface area contributed by atoms with Gasteiger partial charge >= 0.3 is 18.2 Å². The molecule has 0 spiro atoms. The lowest BCUT2D eigenvalue weighted by atomic mass is 10.0. The van der Waals surface area contributed by atoms with Gasteiger partial charge in [-0.2, -0.15) is 13.2 Å². The SMILES string of the molecule is Cc1sc(NC(=O)NCc2c(C(F)(F)F)sc3c2CCN(C)C3)c(C(=O)OC(C)C)c1C. The second-order valence-electron chi connectivity index (χ2n) is 8.05. The molecule has 2 aromatic heterocycles. The minimum Gasteiger partial charge on any atom is -0.459 e. The van der Waals surface area contributed by atoms with Gasteiger partial charge in [-0.05, 0) is 57.9 Å². The van der Waals surface area contributed by atoms with Gasteiger partial charge in [0, 0.05) is 29.4 Å². The van der Waals surface area contributed by atoms with Crippen molar-refractivity contribution in [2.75, 3.05) is 18.9 Å². The Labute approximate surface area is 192 Å². The Morgan fingerprint density at radius 1 is 1.22 bits per heavy atom. The number of alkyl halides is 3. The van der Waals surface area contributed by atoms with E-state index in [1.54, 1.807) is 20.8 Å². The number of aryl methyl sites for hydroxylation is 1. The predicted octanol–water partition coefficient (Wildman–Crippen LogP) is 5.32. The number of hydrogen-bond acceptors (Lipinski definition) is 6. The molecule has 0 saturated carbocycles. The van der Waals surface area contributed by atoms with E-state index in [-0.39, 0.29) is 23.8 Å². The average molecular weight is 490 g/mol. The number of nitrogens with zero attached hydrogens (tertiary/aromatic N) is 1. The van der Waals surface area contributed by atoms with Gasteiger partial charge < -0.3 is 15.0 Å². The summed E-state index contributed by atoms with van der Waals surface area (Å²) in [7, 11) is 1.87. The summed E-state index contributed by atoms with van der Waals surface area (Å²) >= 11 is 1.97. The summed E-state index contributed by atoms with van der Waals surface area (Å²) in [5.41, 5.74) is 1.76. The summed E-state index contributed by atoms with van der Waals surface area (Å²) < 4.78 is 46.1. The maximum atomic E-state index is 13.6. The molecule has 0 atom stereocenters. The number of likely N-dealkylation sites (N-methyl/N-ethyl adjacent to an activating group) is 1. The largest absolute Gasteiger partial charge is 0.459 e. The maximum absolute atomic E-state index is 13.6. The van der Waals surface area contributed by atoms with Crippen LogP contribution in [0.25, 0.3) is 0 Å². The van der Waals surface area contributed by atoms with Crippen LogP contribution in [-0.4, -0.2) is 36.6 Å². The van der Waals surface area contributed by atoms with Gasteiger partial charge in [0.2, 0.25) is 0 Å². The van der Waals surface area contributed by atoms with Gasteiger partial charge in [0.25, 0.3) is 0 Å². The fourth-order valence-corrected chi connectivity index (χ4v) is 5.92. The molecule has 0 unspecified atom stereocenters. The zero-order valence-electron chi connectivity index (χ0n) is 18.5. The molecule has 2 amide bonds. The number of fused-ring (bicyclic) bond motifs is 1. The number of halogens is 3. The number of ether oxygens (including phenoxy) is 1. The smallest absolute Gasteiger partial charge is 0.425 e. The molecule has 0 radical (unpaired) electrons. The third-order valence-corrected chi connectivity index (χ3v) is 7.63. The van der Waals surface area contributed by atoms with Crippen LogP contribution >= 0.6 is 22.7 Å². The van der Waals surface area contributed by atoms with E-state index in [2.05, 4.69) is 10.6 Å². The standard InChI is InChI=1S/C21H26F3N3O3S2/c1-10(2)30-19(28)16-11(3)12(4)31-18(16)26-20(29)25-8-14-13-6-7-27(5)9-15(13)32-17(14)21(22,23)24/h10H,6-9H2,1-5H3,(H2,25,26,29). The highest BCUT2D eigenvalue weighted by molar-refractivity contribution is 7.16. The number of urea groups is 1. The quantitative estimate of drug-likeness (QED) is 0.558. The van der Waals surface area contributed by atoms with Crippen molar-refractivity contribution in [2.24, 2.45) is 0 Å². The third kappa shape index (κ3) is 5.26. The van der Waals surface area contributed by atoms with Crippen LogP contribution in [-0.2, 0) is 30.4 Å². The molecule has 32 heavy (non-hydrogen) atoms. The first-order valence-electron chi connectivity index (χ1n) is 10.1. The average Bonchev–Trinajstić information content (AvgIpc) is 3.16. The van der Waals surface area contributed by atoms with E-state index in [1.165, 1.54) is 11.3 Å². The monoisotopic (exact) mass is 489 g/mol. The topological polar surface area (TPSA) is 70.7 Å². The number of hydrogen-bond donors (Lipinski definition) is 2. The second-order valence-corrected chi connectivity index (χ2v) is 10.4. The van der Waals surface area contributed by atoms with E-state index in [4.69, 9.17) is 4.74 Å². The van der Waals surface area contributed by atoms with E-state index in [1.807, 2.05) is 18.9 Å². The molecule has 0 bridgehead atoms. The Kier molecular flexibility index (Phi) is 7.21. The molecule has 2 N–H and O–H groups in total. The maximum Gasteiger partial charge on any atom is 0.425 e. The van der Waals surface area contributed by atoms with Crippen molar-refractivity contribution in [2.45, 2.75) is 59.5 Å². The van der Waals surface area contributed by atoms with Gasteiger partial charge in [0.1, 0.15) is 9.88 Å². The lowest BCUT2D eigenvalue weighted by molar-refractivity contribution is -0.135. The van der Waals surface area contributed by atoms with Crippen LogP contribution in [0, 0.1) is 13.8 Å². The normalized spacial score (nSPS) is 14.4. The first kappa shape index (κ1) is 24.5. The van der Waals surface area contributed by atoms with Crippen LogP contribution in [0.5, 0.6) is 0 Å². The number of anilines is 1. The fourth-order valence-electron chi connectivity index (χ4n) is 3.56. The van der Waals surface area contributed by atoms with Crippen molar-refractivity contribution >= 4 is 39.7 Å². The molecule has 0 fully saturated rings. The minimum absolute atomic E-state index is 0.124. The molecule has 0 saturated heterocycles. The Morgan fingerprint density at radius 2 is 1.91 bits per heavy atom. The van der Waals surface area contributed by atoms with E-state index in [0.717, 1.165) is 16.2 Å². The van der Waals surface area contributed by atoms with Crippen molar-refractivity contribution < 1.29 is 27.5 Å². The number of thiophene rings is 2. The molecule has 1 aliphatic rings. The van der Waals surface area contributed by atoms with Gasteiger partial charge in [0.05, 0.1) is 11.7 Å². The molecule has 3 rings (SSSR count). The van der Waals surface area contributed by atoms with Gasteiger partial charge in [-0.25, -0.2) is 9.59 Å². The molecule has 1 aliphatic heterocycles. The predicted molar refractivity (Wildman–Crippen MR) is 120 cm³/mol. The highest BCUT2D eigenvalue weighted by atomic mass is 32.1. The zero-order valence-corrected chi connectivity index (χ0v) is 20.2. The Hall–Kier alpha value is -2.11. The van der Waals surface area contributed by atoms with Gasteiger partial charge in [-0.3, -0.25) is 5.32 Å².